The molecule has 1 heterocycles. The van der Waals surface area contributed by atoms with Crippen LogP contribution in [0.2, 0.25) is 0 Å². The number of amides is 2. The Hall–Kier alpha value is -3.06. The first-order chi connectivity index (χ1) is 25.7. The molecule has 11 nitrogen and oxygen atoms in total. The lowest BCUT2D eigenvalue weighted by Crippen LogP contribution is -2.54. The number of Topliss-reactive ketones (excluding diaryl/α,β-unsaturated/α-hetero) is 3. The van der Waals surface area contributed by atoms with Gasteiger partial charge >= 0.3 is 0 Å². The highest BCUT2D eigenvalue weighted by molar-refractivity contribution is 5.99. The molecule has 2 rings (SSSR count). The van der Waals surface area contributed by atoms with E-state index in [9.17, 15) is 28.4 Å². The first-order valence-electron chi connectivity index (χ1n) is 19.9. The Labute approximate surface area is 330 Å². The molecule has 0 bridgehead atoms. The van der Waals surface area contributed by atoms with Crippen molar-refractivity contribution < 1.29 is 42.6 Å². The summed E-state index contributed by atoms with van der Waals surface area (Å²) in [6, 6.07) is 2.72. The number of hydrogen-bond donors (Lipinski definition) is 0. The number of nitrogens with zero attached hydrogens (tertiary/aromatic N) is 3. The number of hydrogen-bond acceptors (Lipinski definition) is 9. The van der Waals surface area contributed by atoms with E-state index >= 15 is 0 Å². The van der Waals surface area contributed by atoms with Crippen LogP contribution in [0.25, 0.3) is 0 Å². The normalized spacial score (nSPS) is 19.9. The minimum atomic E-state index is -0.670. The summed E-state index contributed by atoms with van der Waals surface area (Å²) in [7, 11) is 10.2. The Morgan fingerprint density at radius 2 is 1.53 bits per heavy atom. The minimum absolute atomic E-state index is 0.0238. The van der Waals surface area contributed by atoms with Crippen molar-refractivity contribution in [3.05, 3.63) is 35.1 Å². The van der Waals surface area contributed by atoms with Crippen LogP contribution in [0, 0.1) is 42.3 Å². The second kappa shape index (κ2) is 22.0. The van der Waals surface area contributed by atoms with Gasteiger partial charge in [-0.1, -0.05) is 54.9 Å². The smallest absolute Gasteiger partial charge is 0.226 e. The first kappa shape index (κ1) is 48.1. The van der Waals surface area contributed by atoms with E-state index in [1.165, 1.54) is 25.3 Å². The number of methoxy groups -OCH3 is 3. The Morgan fingerprint density at radius 3 is 2.02 bits per heavy atom. The lowest BCUT2D eigenvalue weighted by molar-refractivity contribution is -0.149. The van der Waals surface area contributed by atoms with E-state index in [0.717, 1.165) is 6.42 Å². The summed E-state index contributed by atoms with van der Waals surface area (Å²) in [6.07, 6.45) is -0.396. The van der Waals surface area contributed by atoms with Crippen LogP contribution in [0.4, 0.5) is 4.39 Å². The third-order valence-electron chi connectivity index (χ3n) is 11.8. The molecule has 1 fully saturated rings. The van der Waals surface area contributed by atoms with Gasteiger partial charge in [0.1, 0.15) is 11.6 Å². The van der Waals surface area contributed by atoms with E-state index in [-0.39, 0.29) is 84.7 Å². The van der Waals surface area contributed by atoms with Crippen molar-refractivity contribution in [3.63, 3.8) is 0 Å². The van der Waals surface area contributed by atoms with Crippen molar-refractivity contribution in [2.24, 2.45) is 29.6 Å². The summed E-state index contributed by atoms with van der Waals surface area (Å²) in [4.78, 5) is 74.0. The van der Waals surface area contributed by atoms with E-state index in [1.54, 1.807) is 44.9 Å². The van der Waals surface area contributed by atoms with Crippen molar-refractivity contribution in [1.29, 1.82) is 0 Å². The fourth-order valence-electron chi connectivity index (χ4n) is 8.49. The van der Waals surface area contributed by atoms with E-state index in [2.05, 4.69) is 0 Å². The lowest BCUT2D eigenvalue weighted by atomic mass is 9.83. The Morgan fingerprint density at radius 1 is 0.891 bits per heavy atom. The largest absolute Gasteiger partial charge is 0.380 e. The van der Waals surface area contributed by atoms with Gasteiger partial charge in [-0.15, -0.1) is 0 Å². The van der Waals surface area contributed by atoms with Crippen molar-refractivity contribution in [1.82, 2.24) is 14.7 Å². The zero-order valence-corrected chi connectivity index (χ0v) is 36.0. The molecule has 0 aliphatic carbocycles. The third kappa shape index (κ3) is 12.5. The summed E-state index contributed by atoms with van der Waals surface area (Å²) >= 11 is 0. The molecule has 1 unspecified atom stereocenters. The number of aryl methyl sites for hydroxylation is 1. The van der Waals surface area contributed by atoms with Gasteiger partial charge in [0.15, 0.2) is 11.6 Å². The van der Waals surface area contributed by atoms with Gasteiger partial charge in [-0.3, -0.25) is 28.9 Å². The fourth-order valence-corrected chi connectivity index (χ4v) is 8.49. The predicted molar refractivity (Wildman–Crippen MR) is 212 cm³/mol. The van der Waals surface area contributed by atoms with E-state index in [4.69, 9.17) is 14.2 Å². The summed E-state index contributed by atoms with van der Waals surface area (Å²) in [6.45, 7) is 15.7. The van der Waals surface area contributed by atoms with Crippen LogP contribution in [-0.2, 0) is 33.4 Å². The van der Waals surface area contributed by atoms with E-state index < -0.39 is 41.9 Å². The van der Waals surface area contributed by atoms with Gasteiger partial charge in [0.2, 0.25) is 11.8 Å². The first-order valence-corrected chi connectivity index (χ1v) is 19.9. The molecule has 312 valence electrons. The number of benzene rings is 1. The van der Waals surface area contributed by atoms with Crippen LogP contribution in [-0.4, -0.2) is 129 Å². The summed E-state index contributed by atoms with van der Waals surface area (Å²) in [5.41, 5.74) is 0.898. The molecule has 1 aromatic carbocycles. The second-order valence-electron chi connectivity index (χ2n) is 16.5. The Bertz CT molecular complexity index is 1440. The molecule has 0 N–H and O–H groups in total. The van der Waals surface area contributed by atoms with E-state index in [1.807, 2.05) is 60.5 Å². The molecule has 0 spiro atoms. The molecule has 0 aromatic heterocycles. The van der Waals surface area contributed by atoms with E-state index in [0.29, 0.717) is 24.1 Å². The second-order valence-corrected chi connectivity index (χ2v) is 16.5. The van der Waals surface area contributed by atoms with Crippen molar-refractivity contribution in [3.8, 4) is 0 Å². The van der Waals surface area contributed by atoms with Crippen LogP contribution in [0.3, 0.4) is 0 Å². The Balaban J connectivity index is 2.31. The fraction of sp³-hybridized carbons (Fsp3) is 0.744. The topological polar surface area (TPSA) is 123 Å². The maximum absolute atomic E-state index is 14.4. The molecule has 1 aliphatic rings. The standard InChI is InChI=1S/C43H70FN3O8/c1-15-27(6)41(46(11)43(52)33(25(2)3)22-37(50)40(26(4)5)45(9)10)38(54-13)23-39(51)47-24-31(53-12)21-34(47)42(55-14)29(8)35(48)18-19-36(49)32-17-16-30(44)20-28(32)7/h16-17,20,25-27,29,31,33-34,38,40-42H,15,18-19,21-24H2,1-14H3/t27-,29-,31+,33-,34?,38+,40-,41-,42+/m0/s1. The zero-order chi connectivity index (χ0) is 41.9. The monoisotopic (exact) mass is 776 g/mol. The van der Waals surface area contributed by atoms with Gasteiger partial charge in [0.25, 0.3) is 0 Å². The van der Waals surface area contributed by atoms with Crippen molar-refractivity contribution in [2.75, 3.05) is 49.0 Å². The number of carbonyl (C=O) groups excluding carboxylic acids is 5. The highest BCUT2D eigenvalue weighted by Gasteiger charge is 2.45. The van der Waals surface area contributed by atoms with Crippen LogP contribution < -0.4 is 0 Å². The van der Waals surface area contributed by atoms with Crippen LogP contribution in [0.5, 0.6) is 0 Å². The minimum Gasteiger partial charge on any atom is -0.380 e. The van der Waals surface area contributed by atoms with Gasteiger partial charge in [0, 0.05) is 71.6 Å². The number of halogens is 1. The predicted octanol–water partition coefficient (Wildman–Crippen LogP) is 6.03. The quantitative estimate of drug-likeness (QED) is 0.123. The molecular weight excluding hydrogens is 705 g/mol. The van der Waals surface area contributed by atoms with Crippen LogP contribution >= 0.6 is 0 Å². The highest BCUT2D eigenvalue weighted by Crippen LogP contribution is 2.32. The number of carbonyl (C=O) groups is 5. The molecule has 1 aliphatic heterocycles. The highest BCUT2D eigenvalue weighted by atomic mass is 19.1. The molecule has 9 atom stereocenters. The van der Waals surface area contributed by atoms with Crippen LogP contribution in [0.1, 0.15) is 103 Å². The molecule has 1 aromatic rings. The average molecular weight is 776 g/mol. The van der Waals surface area contributed by atoms with Crippen LogP contribution in [0.15, 0.2) is 18.2 Å². The molecular formula is C43H70FN3O8. The number of ether oxygens (including phenoxy) is 3. The average Bonchev–Trinajstić information content (AvgIpc) is 3.55. The van der Waals surface area contributed by atoms with Gasteiger partial charge in [0.05, 0.1) is 42.9 Å². The van der Waals surface area contributed by atoms with Crippen molar-refractivity contribution in [2.45, 2.75) is 130 Å². The number of likely N-dealkylation sites (tertiary alicyclic amines) is 1. The molecule has 0 saturated carbocycles. The molecule has 12 heteroatoms. The van der Waals surface area contributed by atoms with Gasteiger partial charge in [-0.05, 0) is 69.0 Å². The summed E-state index contributed by atoms with van der Waals surface area (Å²) in [5, 5.41) is 0. The summed E-state index contributed by atoms with van der Waals surface area (Å²) < 4.78 is 31.3. The lowest BCUT2D eigenvalue weighted by Gasteiger charge is -2.41. The van der Waals surface area contributed by atoms with Gasteiger partial charge in [-0.25, -0.2) is 4.39 Å². The SMILES string of the molecule is CC[C@H](C)[C@@H]([C@@H](CC(=O)N1C[C@H](OC)CC1[C@H](OC)[C@@H](C)C(=O)CCC(=O)c1ccc(F)cc1C)OC)N(C)C(=O)[C@@H](CC(=O)[C@H](C(C)C)N(C)C)C(C)C. The zero-order valence-electron chi connectivity index (χ0n) is 36.0. The molecule has 0 radical (unpaired) electrons. The number of ketones is 3. The van der Waals surface area contributed by atoms with Gasteiger partial charge in [-0.2, -0.15) is 0 Å². The Kier molecular flexibility index (Phi) is 19.3. The number of likely N-dealkylation sites (N-methyl/N-ethyl adjacent to an activating group) is 2. The maximum Gasteiger partial charge on any atom is 0.226 e. The molecule has 2 amide bonds. The van der Waals surface area contributed by atoms with Gasteiger partial charge < -0.3 is 24.0 Å². The maximum atomic E-state index is 14.4. The number of rotatable bonds is 23. The summed E-state index contributed by atoms with van der Waals surface area (Å²) in [5.74, 6) is -2.40. The third-order valence-corrected chi connectivity index (χ3v) is 11.8. The molecule has 1 saturated heterocycles. The van der Waals surface area contributed by atoms with Crippen molar-refractivity contribution >= 4 is 29.2 Å². The molecule has 55 heavy (non-hydrogen) atoms.